The molecule has 21 heavy (non-hydrogen) atoms. The second-order valence-electron chi connectivity index (χ2n) is 4.93. The molecule has 0 bridgehead atoms. The maximum absolute atomic E-state index is 12.1. The molecule has 1 aromatic rings. The molecule has 0 aromatic heterocycles. The Balaban J connectivity index is 2.10. The highest BCUT2D eigenvalue weighted by molar-refractivity contribution is 9.10. The van der Waals surface area contributed by atoms with Crippen molar-refractivity contribution in [1.29, 1.82) is 0 Å². The summed E-state index contributed by atoms with van der Waals surface area (Å²) in [6, 6.07) is 4.96. The Morgan fingerprint density at radius 2 is 2.14 bits per heavy atom. The summed E-state index contributed by atoms with van der Waals surface area (Å²) in [5.41, 5.74) is 1.56. The van der Waals surface area contributed by atoms with Crippen LogP contribution < -0.4 is 15.1 Å². The minimum absolute atomic E-state index is 0.256. The molecule has 1 saturated heterocycles. The number of nitrogens with zero attached hydrogens (tertiary/aromatic N) is 2. The van der Waals surface area contributed by atoms with Gasteiger partial charge in [-0.25, -0.2) is 4.79 Å². The lowest BCUT2D eigenvalue weighted by molar-refractivity contribution is -0.134. The van der Waals surface area contributed by atoms with Gasteiger partial charge in [-0.3, -0.25) is 14.9 Å². The van der Waals surface area contributed by atoms with Crippen LogP contribution in [0.4, 0.5) is 11.4 Å². The molecule has 0 aliphatic carbocycles. The molecule has 2 aliphatic heterocycles. The summed E-state index contributed by atoms with van der Waals surface area (Å²) in [6.07, 6.45) is 0.627. The Morgan fingerprint density at radius 1 is 1.38 bits per heavy atom. The zero-order valence-electron chi connectivity index (χ0n) is 11.2. The molecule has 2 amide bonds. The van der Waals surface area contributed by atoms with Crippen molar-refractivity contribution in [3.05, 3.63) is 28.5 Å². The molecule has 1 fully saturated rings. The van der Waals surface area contributed by atoms with E-state index in [0.717, 1.165) is 15.8 Å². The van der Waals surface area contributed by atoms with E-state index in [9.17, 15) is 14.4 Å². The number of imide groups is 1. The maximum Gasteiger partial charge on any atom is 0.249 e. The fourth-order valence-electron chi connectivity index (χ4n) is 2.77. The number of carbonyl (C=O) groups is 2. The van der Waals surface area contributed by atoms with Gasteiger partial charge in [0.15, 0.2) is 5.94 Å². The van der Waals surface area contributed by atoms with Crippen LogP contribution in [-0.2, 0) is 14.4 Å². The van der Waals surface area contributed by atoms with Gasteiger partial charge in [-0.05, 0) is 34.5 Å². The van der Waals surface area contributed by atoms with Gasteiger partial charge < -0.3 is 9.80 Å². The number of rotatable bonds is 1. The van der Waals surface area contributed by atoms with Crippen molar-refractivity contribution in [2.75, 3.05) is 16.8 Å². The smallest absolute Gasteiger partial charge is 0.249 e. The van der Waals surface area contributed by atoms with Crippen LogP contribution in [0, 0.1) is 0 Å². The molecule has 108 valence electrons. The Bertz CT molecular complexity index is 697. The third kappa shape index (κ3) is 2.05. The lowest BCUT2D eigenvalue weighted by Crippen LogP contribution is -2.52. The van der Waals surface area contributed by atoms with Gasteiger partial charge >= 0.3 is 0 Å². The van der Waals surface area contributed by atoms with Crippen molar-refractivity contribution in [3.63, 3.8) is 0 Å². The summed E-state index contributed by atoms with van der Waals surface area (Å²) in [5.74, 6) is 1.50. The monoisotopic (exact) mass is 349 g/mol. The Morgan fingerprint density at radius 3 is 2.81 bits per heavy atom. The predicted octanol–water partition coefficient (Wildman–Crippen LogP) is 1.18. The number of benzene rings is 1. The first-order chi connectivity index (χ1) is 10.0. The van der Waals surface area contributed by atoms with Gasteiger partial charge in [0.25, 0.3) is 0 Å². The van der Waals surface area contributed by atoms with E-state index in [-0.39, 0.29) is 24.1 Å². The standard InChI is InChI=1S/C14H12BrN3O3/c1-17-12(7-19)18(9-4-2-3-8(15)13(9)17)10-5-6-11(20)16-14(10)21/h2-4,10H,5-6H2,1H3,(H,16,20,21). The summed E-state index contributed by atoms with van der Waals surface area (Å²) in [4.78, 5) is 38.1. The molecule has 1 unspecified atom stereocenters. The maximum atomic E-state index is 12.1. The minimum atomic E-state index is -0.586. The van der Waals surface area contributed by atoms with Gasteiger partial charge in [0.1, 0.15) is 6.04 Å². The molecule has 3 rings (SSSR count). The number of piperidine rings is 1. The Labute approximate surface area is 129 Å². The largest absolute Gasteiger partial charge is 0.319 e. The number of halogens is 1. The second kappa shape index (κ2) is 5.02. The van der Waals surface area contributed by atoms with Gasteiger partial charge in [0, 0.05) is 17.9 Å². The Kier molecular flexibility index (Phi) is 3.31. The number of para-hydroxylation sites is 1. The highest BCUT2D eigenvalue weighted by Crippen LogP contribution is 2.46. The lowest BCUT2D eigenvalue weighted by atomic mass is 10.0. The van der Waals surface area contributed by atoms with Crippen LogP contribution in [0.15, 0.2) is 28.5 Å². The summed E-state index contributed by atoms with van der Waals surface area (Å²) < 4.78 is 0.824. The molecule has 6 nitrogen and oxygen atoms in total. The van der Waals surface area contributed by atoms with Crippen molar-refractivity contribution in [1.82, 2.24) is 5.32 Å². The molecule has 1 aromatic carbocycles. The first-order valence-electron chi connectivity index (χ1n) is 6.45. The molecule has 0 spiro atoms. The first kappa shape index (κ1) is 13.9. The normalized spacial score (nSPS) is 21.2. The summed E-state index contributed by atoms with van der Waals surface area (Å²) in [6.45, 7) is 0. The summed E-state index contributed by atoms with van der Waals surface area (Å²) >= 11 is 3.45. The fourth-order valence-corrected chi connectivity index (χ4v) is 3.40. The lowest BCUT2D eigenvalue weighted by Gasteiger charge is -2.31. The van der Waals surface area contributed by atoms with Crippen molar-refractivity contribution in [2.45, 2.75) is 18.9 Å². The molecule has 2 aliphatic rings. The van der Waals surface area contributed by atoms with Crippen LogP contribution in [0.25, 0.3) is 0 Å². The van der Waals surface area contributed by atoms with E-state index >= 15 is 0 Å². The number of hydrogen-bond acceptors (Lipinski definition) is 5. The Hall–Kier alpha value is -2.11. The number of fused-ring (bicyclic) bond motifs is 1. The third-order valence-electron chi connectivity index (χ3n) is 3.72. The van der Waals surface area contributed by atoms with E-state index in [1.165, 1.54) is 0 Å². The number of anilines is 2. The predicted molar refractivity (Wildman–Crippen MR) is 80.4 cm³/mol. The average Bonchev–Trinajstić information content (AvgIpc) is 2.73. The molecule has 1 N–H and O–H groups in total. The van der Waals surface area contributed by atoms with Crippen LogP contribution in [-0.4, -0.2) is 30.8 Å². The molecule has 0 radical (unpaired) electrons. The van der Waals surface area contributed by atoms with Gasteiger partial charge in [-0.15, -0.1) is 0 Å². The van der Waals surface area contributed by atoms with Gasteiger partial charge in [0.05, 0.1) is 11.4 Å². The summed E-state index contributed by atoms with van der Waals surface area (Å²) in [7, 11) is 1.75. The van der Waals surface area contributed by atoms with E-state index in [2.05, 4.69) is 21.2 Å². The number of nitrogens with one attached hydrogen (secondary N) is 1. The van der Waals surface area contributed by atoms with Crippen LogP contribution in [0.2, 0.25) is 0 Å². The first-order valence-corrected chi connectivity index (χ1v) is 7.24. The zero-order chi connectivity index (χ0) is 15.1. The second-order valence-corrected chi connectivity index (χ2v) is 5.78. The molecular weight excluding hydrogens is 338 g/mol. The fraction of sp³-hybridized carbons (Fsp3) is 0.286. The van der Waals surface area contributed by atoms with Gasteiger partial charge in [-0.1, -0.05) is 6.07 Å². The van der Waals surface area contributed by atoms with Crippen LogP contribution >= 0.6 is 15.9 Å². The van der Waals surface area contributed by atoms with Crippen molar-refractivity contribution in [3.8, 4) is 0 Å². The number of amides is 2. The molecule has 1 atom stereocenters. The van der Waals surface area contributed by atoms with Gasteiger partial charge in [-0.2, -0.15) is 0 Å². The molecule has 2 heterocycles. The quantitative estimate of drug-likeness (QED) is 0.609. The molecule has 0 saturated carbocycles. The SMILES string of the molecule is CN1C(=C=O)N(C2CCC(=O)NC2=O)c2cccc(Br)c21. The highest BCUT2D eigenvalue weighted by Gasteiger charge is 2.41. The van der Waals surface area contributed by atoms with Crippen LogP contribution in [0.5, 0.6) is 0 Å². The van der Waals surface area contributed by atoms with Crippen molar-refractivity contribution >= 4 is 45.1 Å². The van der Waals surface area contributed by atoms with E-state index < -0.39 is 6.04 Å². The van der Waals surface area contributed by atoms with E-state index in [1.807, 2.05) is 24.1 Å². The average molecular weight is 350 g/mol. The van der Waals surface area contributed by atoms with E-state index in [4.69, 9.17) is 0 Å². The van der Waals surface area contributed by atoms with Gasteiger partial charge in [0.2, 0.25) is 17.6 Å². The number of hydrogen-bond donors (Lipinski definition) is 1. The third-order valence-corrected chi connectivity index (χ3v) is 4.36. The highest BCUT2D eigenvalue weighted by atomic mass is 79.9. The van der Waals surface area contributed by atoms with E-state index in [1.54, 1.807) is 16.8 Å². The number of carbonyl (C=O) groups excluding carboxylic acids is 3. The van der Waals surface area contributed by atoms with Crippen LogP contribution in [0.1, 0.15) is 12.8 Å². The van der Waals surface area contributed by atoms with Crippen molar-refractivity contribution in [2.24, 2.45) is 0 Å². The summed E-state index contributed by atoms with van der Waals surface area (Å²) in [5, 5.41) is 2.32. The molecular formula is C14H12BrN3O3. The zero-order valence-corrected chi connectivity index (χ0v) is 12.8. The minimum Gasteiger partial charge on any atom is -0.319 e. The van der Waals surface area contributed by atoms with E-state index in [0.29, 0.717) is 6.42 Å². The topological polar surface area (TPSA) is 69.7 Å². The van der Waals surface area contributed by atoms with Crippen LogP contribution in [0.3, 0.4) is 0 Å². The molecule has 7 heteroatoms. The van der Waals surface area contributed by atoms with Crippen molar-refractivity contribution < 1.29 is 14.4 Å².